The van der Waals surface area contributed by atoms with Gasteiger partial charge in [-0.3, -0.25) is 14.4 Å². The molecule has 0 aliphatic carbocycles. The lowest BCUT2D eigenvalue weighted by molar-refractivity contribution is -0.160. The minimum Gasteiger partial charge on any atom is -0.467 e. The largest absolute Gasteiger partial charge is 0.467 e. The quantitative estimate of drug-likeness (QED) is 0.115. The molecule has 2 aliphatic heterocycles. The van der Waals surface area contributed by atoms with Crippen molar-refractivity contribution in [3.63, 3.8) is 0 Å². The topological polar surface area (TPSA) is 84.9 Å². The van der Waals surface area contributed by atoms with E-state index in [-0.39, 0.29) is 29.9 Å². The third-order valence-corrected chi connectivity index (χ3v) is 14.6. The number of imide groups is 1. The molecule has 0 bridgehead atoms. The number of benzene rings is 1. The van der Waals surface area contributed by atoms with E-state index in [9.17, 15) is 14.4 Å². The van der Waals surface area contributed by atoms with Crippen LogP contribution in [0.2, 0.25) is 18.1 Å². The van der Waals surface area contributed by atoms with Gasteiger partial charge in [0.2, 0.25) is 11.8 Å². The monoisotopic (exact) mass is 628 g/mol. The first-order valence-electron chi connectivity index (χ1n) is 17.8. The normalized spacial score (nSPS) is 20.8. The first-order valence-corrected chi connectivity index (χ1v) is 20.3. The van der Waals surface area contributed by atoms with E-state index in [4.69, 9.17) is 9.16 Å². The highest BCUT2D eigenvalue weighted by molar-refractivity contribution is 6.73. The lowest BCUT2D eigenvalue weighted by Crippen LogP contribution is -2.69. The van der Waals surface area contributed by atoms with E-state index in [1.54, 1.807) is 6.07 Å². The number of hydrogen-bond donors (Lipinski definition) is 1. The standard InChI is InChI=1S/C36H60N2O5Si/c1-8-13-22-36(23-14-9-2)38(35(41)29-20-18-19-21-30(29)42-36)34(40)27(6)32-31(33(39)37-32)28(7)43-44(24-15-10-3,25-16-11-4)26-17-12-5/h18-21,27-28,31-32H,8-17,22-26H2,1-7H3,(H,37,39)/t27-,28-,31-,32+/m1/s1. The molecule has 7 nitrogen and oxygen atoms in total. The molecule has 1 saturated heterocycles. The zero-order valence-electron chi connectivity index (χ0n) is 28.7. The molecule has 3 rings (SSSR count). The summed E-state index contributed by atoms with van der Waals surface area (Å²) >= 11 is 0. The zero-order chi connectivity index (χ0) is 32.3. The average molecular weight is 629 g/mol. The van der Waals surface area contributed by atoms with Crippen molar-refractivity contribution in [2.45, 2.75) is 162 Å². The van der Waals surface area contributed by atoms with Gasteiger partial charge in [0.05, 0.1) is 29.5 Å². The van der Waals surface area contributed by atoms with Crippen LogP contribution in [0.15, 0.2) is 24.3 Å². The van der Waals surface area contributed by atoms with E-state index in [0.717, 1.165) is 82.3 Å². The highest BCUT2D eigenvalue weighted by Gasteiger charge is 2.55. The summed E-state index contributed by atoms with van der Waals surface area (Å²) in [5.74, 6) is -1.09. The highest BCUT2D eigenvalue weighted by Crippen LogP contribution is 2.42. The Morgan fingerprint density at radius 2 is 1.41 bits per heavy atom. The first-order chi connectivity index (χ1) is 21.1. The predicted octanol–water partition coefficient (Wildman–Crippen LogP) is 8.63. The summed E-state index contributed by atoms with van der Waals surface area (Å²) in [6.07, 6.45) is 11.3. The van der Waals surface area contributed by atoms with Crippen LogP contribution in [0.5, 0.6) is 5.75 Å². The van der Waals surface area contributed by atoms with Gasteiger partial charge in [0, 0.05) is 12.8 Å². The number of nitrogens with one attached hydrogen (secondary N) is 1. The highest BCUT2D eigenvalue weighted by atomic mass is 28.4. The van der Waals surface area contributed by atoms with E-state index >= 15 is 0 Å². The first kappa shape index (κ1) is 36.3. The summed E-state index contributed by atoms with van der Waals surface area (Å²) in [6, 6.07) is 10.2. The molecule has 0 aromatic heterocycles. The fourth-order valence-corrected chi connectivity index (χ4v) is 12.2. The number of fused-ring (bicyclic) bond motifs is 1. The molecule has 1 N–H and O–H groups in total. The molecule has 0 saturated carbocycles. The molecule has 0 spiro atoms. The van der Waals surface area contributed by atoms with Gasteiger partial charge >= 0.3 is 0 Å². The molecule has 3 amide bonds. The molecular formula is C36H60N2O5Si. The summed E-state index contributed by atoms with van der Waals surface area (Å²) in [4.78, 5) is 43.2. The SMILES string of the molecule is CCCCC1(CCCC)Oc2ccccc2C(=O)N1C(=O)[C@H](C)[C@@H]1NC(=O)[C@@H]1[C@@H](C)O[Si](CCCC)(CCCC)CCCC. The van der Waals surface area contributed by atoms with Gasteiger partial charge in [-0.05, 0) is 50.0 Å². The molecule has 4 atom stereocenters. The number of nitrogens with zero attached hydrogens (tertiary/aromatic N) is 1. The minimum absolute atomic E-state index is 0.0543. The van der Waals surface area contributed by atoms with E-state index in [1.165, 1.54) is 4.90 Å². The van der Waals surface area contributed by atoms with Crippen LogP contribution in [0.4, 0.5) is 0 Å². The van der Waals surface area contributed by atoms with Crippen molar-refractivity contribution in [3.8, 4) is 5.75 Å². The lowest BCUT2D eigenvalue weighted by atomic mass is 9.78. The van der Waals surface area contributed by atoms with Crippen molar-refractivity contribution in [1.29, 1.82) is 0 Å². The Labute approximate surface area is 268 Å². The van der Waals surface area contributed by atoms with Gasteiger partial charge in [0.25, 0.3) is 5.91 Å². The molecule has 248 valence electrons. The van der Waals surface area contributed by atoms with Gasteiger partial charge in [-0.2, -0.15) is 0 Å². The number of rotatable bonds is 20. The Morgan fingerprint density at radius 1 is 0.886 bits per heavy atom. The van der Waals surface area contributed by atoms with Crippen molar-refractivity contribution >= 4 is 26.0 Å². The fourth-order valence-electron chi connectivity index (χ4n) is 7.18. The number of amides is 3. The fraction of sp³-hybridized carbons (Fsp3) is 0.750. The second-order valence-corrected chi connectivity index (χ2v) is 17.5. The number of para-hydroxylation sites is 1. The van der Waals surface area contributed by atoms with Crippen LogP contribution < -0.4 is 10.1 Å². The van der Waals surface area contributed by atoms with Gasteiger partial charge in [0.1, 0.15) is 5.75 Å². The maximum Gasteiger partial charge on any atom is 0.267 e. The predicted molar refractivity (Wildman–Crippen MR) is 180 cm³/mol. The van der Waals surface area contributed by atoms with E-state index in [1.807, 2.05) is 32.0 Å². The molecule has 1 fully saturated rings. The van der Waals surface area contributed by atoms with Crippen molar-refractivity contribution in [3.05, 3.63) is 29.8 Å². The molecule has 1 aromatic carbocycles. The van der Waals surface area contributed by atoms with Gasteiger partial charge < -0.3 is 14.5 Å². The van der Waals surface area contributed by atoms with Crippen LogP contribution in [-0.2, 0) is 14.0 Å². The Kier molecular flexibility index (Phi) is 14.0. The number of hydrogen-bond acceptors (Lipinski definition) is 5. The Hall–Kier alpha value is -2.19. The summed E-state index contributed by atoms with van der Waals surface area (Å²) in [5.41, 5.74) is -0.613. The van der Waals surface area contributed by atoms with Crippen LogP contribution in [0, 0.1) is 11.8 Å². The third kappa shape index (κ3) is 8.14. The number of ether oxygens (including phenoxy) is 1. The second kappa shape index (κ2) is 16.9. The molecule has 0 unspecified atom stereocenters. The van der Waals surface area contributed by atoms with Crippen LogP contribution in [0.25, 0.3) is 0 Å². The van der Waals surface area contributed by atoms with Gasteiger partial charge in [0.15, 0.2) is 14.0 Å². The number of carbonyl (C=O) groups excluding carboxylic acids is 3. The Morgan fingerprint density at radius 3 is 1.91 bits per heavy atom. The number of β-lactam (4-membered cyclic amide) rings is 1. The van der Waals surface area contributed by atoms with Crippen LogP contribution in [0.3, 0.4) is 0 Å². The smallest absolute Gasteiger partial charge is 0.267 e. The molecular weight excluding hydrogens is 568 g/mol. The third-order valence-electron chi connectivity index (χ3n) is 9.92. The molecule has 44 heavy (non-hydrogen) atoms. The molecule has 2 aliphatic rings. The number of carbonyl (C=O) groups is 3. The Bertz CT molecular complexity index is 1060. The van der Waals surface area contributed by atoms with Crippen molar-refractivity contribution < 1.29 is 23.5 Å². The maximum atomic E-state index is 14.5. The average Bonchev–Trinajstić information content (AvgIpc) is 3.01. The van der Waals surface area contributed by atoms with Crippen LogP contribution >= 0.6 is 0 Å². The summed E-state index contributed by atoms with van der Waals surface area (Å²) < 4.78 is 13.8. The van der Waals surface area contributed by atoms with Crippen LogP contribution in [-0.4, -0.2) is 48.8 Å². The van der Waals surface area contributed by atoms with Crippen molar-refractivity contribution in [2.24, 2.45) is 11.8 Å². The van der Waals surface area contributed by atoms with Crippen molar-refractivity contribution in [2.75, 3.05) is 0 Å². The summed E-state index contributed by atoms with van der Waals surface area (Å²) in [7, 11) is -2.07. The maximum absolute atomic E-state index is 14.5. The van der Waals surface area contributed by atoms with Crippen molar-refractivity contribution in [1.82, 2.24) is 10.2 Å². The molecule has 0 radical (unpaired) electrons. The zero-order valence-corrected chi connectivity index (χ0v) is 29.7. The van der Waals surface area contributed by atoms with E-state index < -0.39 is 25.9 Å². The summed E-state index contributed by atoms with van der Waals surface area (Å²) in [5, 5.41) is 3.05. The van der Waals surface area contributed by atoms with Gasteiger partial charge in [-0.25, -0.2) is 4.90 Å². The van der Waals surface area contributed by atoms with Gasteiger partial charge in [-0.15, -0.1) is 0 Å². The Balaban J connectivity index is 1.91. The molecule has 2 heterocycles. The molecule has 8 heteroatoms. The van der Waals surface area contributed by atoms with E-state index in [0.29, 0.717) is 24.2 Å². The van der Waals surface area contributed by atoms with E-state index in [2.05, 4.69) is 39.9 Å². The second-order valence-electron chi connectivity index (χ2n) is 13.4. The van der Waals surface area contributed by atoms with Crippen LogP contribution in [0.1, 0.15) is 136 Å². The molecule has 1 aromatic rings. The van der Waals surface area contributed by atoms with Gasteiger partial charge in [-0.1, -0.05) is 105 Å². The lowest BCUT2D eigenvalue weighted by Gasteiger charge is -2.50. The number of unbranched alkanes of at least 4 members (excludes halogenated alkanes) is 5. The minimum atomic E-state index is -2.07. The summed E-state index contributed by atoms with van der Waals surface area (Å²) in [6.45, 7) is 14.8.